The first-order valence-corrected chi connectivity index (χ1v) is 5.23. The Hall–Kier alpha value is -1.76. The van der Waals surface area contributed by atoms with Gasteiger partial charge in [0.25, 0.3) is 0 Å². The van der Waals surface area contributed by atoms with Crippen molar-refractivity contribution >= 4 is 27.9 Å². The molecule has 0 spiro atoms. The van der Waals surface area contributed by atoms with Gasteiger partial charge in [0.2, 0.25) is 5.75 Å². The Morgan fingerprint density at radius 1 is 1.18 bits per heavy atom. The number of phenolic OH excluding ortho intramolecular Hbond substituents is 2. The maximum atomic E-state index is 10.8. The number of benzene rings is 1. The number of aromatic hydroxyl groups is 2. The Morgan fingerprint density at radius 3 is 2.18 bits per heavy atom. The second kappa shape index (κ2) is 5.05. The summed E-state index contributed by atoms with van der Waals surface area (Å²) in [6.07, 6.45) is 0. The van der Waals surface area contributed by atoms with Crippen LogP contribution in [0.3, 0.4) is 0 Å². The van der Waals surface area contributed by atoms with E-state index in [2.05, 4.69) is 20.7 Å². The van der Waals surface area contributed by atoms with E-state index in [0.717, 1.165) is 19.9 Å². The van der Waals surface area contributed by atoms with Crippen molar-refractivity contribution in [3.63, 3.8) is 0 Å². The molecule has 0 aliphatic heterocycles. The predicted molar refractivity (Wildman–Crippen MR) is 60.1 cm³/mol. The Morgan fingerprint density at radius 2 is 1.71 bits per heavy atom. The average Bonchev–Trinajstić information content (AvgIpc) is 2.20. The SMILES string of the molecule is CC(=O)Oc1cc(O)c(Br)c(OC(C)=O)c1O. The number of carbonyl (C=O) groups excluding carboxylic acids is 2. The molecule has 7 heteroatoms. The normalized spacial score (nSPS) is 9.82. The highest BCUT2D eigenvalue weighted by atomic mass is 79.9. The molecular formula is C10H9BrO6. The minimum atomic E-state index is -0.694. The summed E-state index contributed by atoms with van der Waals surface area (Å²) < 4.78 is 9.32. The summed E-state index contributed by atoms with van der Waals surface area (Å²) in [4.78, 5) is 21.6. The van der Waals surface area contributed by atoms with Gasteiger partial charge in [0.1, 0.15) is 10.2 Å². The van der Waals surface area contributed by atoms with Crippen LogP contribution >= 0.6 is 15.9 Å². The second-order valence-corrected chi connectivity index (χ2v) is 3.87. The van der Waals surface area contributed by atoms with Crippen molar-refractivity contribution in [1.29, 1.82) is 0 Å². The fourth-order valence-corrected chi connectivity index (χ4v) is 1.44. The van der Waals surface area contributed by atoms with Gasteiger partial charge in [0.05, 0.1) is 0 Å². The molecule has 0 bridgehead atoms. The fraction of sp³-hybridized carbons (Fsp3) is 0.200. The van der Waals surface area contributed by atoms with Crippen LogP contribution in [0.4, 0.5) is 0 Å². The van der Waals surface area contributed by atoms with Crippen LogP contribution in [-0.2, 0) is 9.59 Å². The van der Waals surface area contributed by atoms with Gasteiger partial charge >= 0.3 is 11.9 Å². The molecule has 1 aromatic carbocycles. The van der Waals surface area contributed by atoms with Crippen LogP contribution in [0.15, 0.2) is 10.5 Å². The first-order chi connectivity index (χ1) is 7.82. The smallest absolute Gasteiger partial charge is 0.308 e. The zero-order valence-electron chi connectivity index (χ0n) is 8.98. The van der Waals surface area contributed by atoms with Crippen LogP contribution in [0, 0.1) is 0 Å². The second-order valence-electron chi connectivity index (χ2n) is 3.07. The van der Waals surface area contributed by atoms with Crippen molar-refractivity contribution in [1.82, 2.24) is 0 Å². The van der Waals surface area contributed by atoms with Gasteiger partial charge in [0, 0.05) is 19.9 Å². The molecule has 1 aromatic rings. The average molecular weight is 305 g/mol. The van der Waals surface area contributed by atoms with Crippen molar-refractivity contribution in [2.75, 3.05) is 0 Å². The molecule has 92 valence electrons. The molecule has 6 nitrogen and oxygen atoms in total. The number of hydrogen-bond donors (Lipinski definition) is 2. The Kier molecular flexibility index (Phi) is 3.95. The standard InChI is InChI=1S/C10H9BrO6/c1-4(12)16-7-3-6(14)8(11)10(9(7)15)17-5(2)13/h3,14-15H,1-2H3. The molecule has 0 unspecified atom stereocenters. The van der Waals surface area contributed by atoms with Crippen LogP contribution in [-0.4, -0.2) is 22.2 Å². The van der Waals surface area contributed by atoms with E-state index >= 15 is 0 Å². The minimum Gasteiger partial charge on any atom is -0.506 e. The first-order valence-electron chi connectivity index (χ1n) is 4.44. The maximum Gasteiger partial charge on any atom is 0.308 e. The molecule has 0 saturated carbocycles. The lowest BCUT2D eigenvalue weighted by Gasteiger charge is -2.11. The summed E-state index contributed by atoms with van der Waals surface area (Å²) in [5, 5.41) is 19.2. The molecule has 0 aliphatic carbocycles. The number of phenols is 2. The summed E-state index contributed by atoms with van der Waals surface area (Å²) in [7, 11) is 0. The molecular weight excluding hydrogens is 296 g/mol. The van der Waals surface area contributed by atoms with Crippen LogP contribution in [0.2, 0.25) is 0 Å². The van der Waals surface area contributed by atoms with Gasteiger partial charge < -0.3 is 19.7 Å². The predicted octanol–water partition coefficient (Wildman–Crippen LogP) is 1.71. The van der Waals surface area contributed by atoms with Gasteiger partial charge in [-0.2, -0.15) is 0 Å². The van der Waals surface area contributed by atoms with Gasteiger partial charge in [0.15, 0.2) is 11.5 Å². The zero-order valence-corrected chi connectivity index (χ0v) is 10.6. The lowest BCUT2D eigenvalue weighted by atomic mass is 10.2. The molecule has 1 rings (SSSR count). The van der Waals surface area contributed by atoms with Crippen LogP contribution in [0.1, 0.15) is 13.8 Å². The summed E-state index contributed by atoms with van der Waals surface area (Å²) in [5.41, 5.74) is 0. The van der Waals surface area contributed by atoms with Crippen LogP contribution < -0.4 is 9.47 Å². The van der Waals surface area contributed by atoms with Gasteiger partial charge in [-0.3, -0.25) is 9.59 Å². The van der Waals surface area contributed by atoms with Gasteiger partial charge in [-0.1, -0.05) is 0 Å². The maximum absolute atomic E-state index is 10.8. The summed E-state index contributed by atoms with van der Waals surface area (Å²) >= 11 is 2.93. The number of ether oxygens (including phenoxy) is 2. The summed E-state index contributed by atoms with van der Waals surface area (Å²) in [6.45, 7) is 2.26. The van der Waals surface area contributed by atoms with E-state index in [9.17, 15) is 19.8 Å². The Bertz CT molecular complexity index is 482. The monoisotopic (exact) mass is 304 g/mol. The Labute approximate surface area is 105 Å². The Balaban J connectivity index is 3.31. The largest absolute Gasteiger partial charge is 0.506 e. The van der Waals surface area contributed by atoms with E-state index in [-0.39, 0.29) is 21.7 Å². The highest BCUT2D eigenvalue weighted by Crippen LogP contribution is 2.47. The molecule has 0 aliphatic rings. The van der Waals surface area contributed by atoms with E-state index in [4.69, 9.17) is 4.74 Å². The fourth-order valence-electron chi connectivity index (χ4n) is 1.06. The van der Waals surface area contributed by atoms with Gasteiger partial charge in [-0.15, -0.1) is 0 Å². The molecule has 0 radical (unpaired) electrons. The van der Waals surface area contributed by atoms with Gasteiger partial charge in [-0.25, -0.2) is 0 Å². The van der Waals surface area contributed by atoms with Crippen LogP contribution in [0.25, 0.3) is 0 Å². The van der Waals surface area contributed by atoms with Crippen molar-refractivity contribution < 1.29 is 29.3 Å². The lowest BCUT2D eigenvalue weighted by molar-refractivity contribution is -0.132. The molecule has 17 heavy (non-hydrogen) atoms. The van der Waals surface area contributed by atoms with Crippen molar-refractivity contribution in [3.05, 3.63) is 10.5 Å². The van der Waals surface area contributed by atoms with E-state index in [1.54, 1.807) is 0 Å². The molecule has 0 aromatic heterocycles. The highest BCUT2D eigenvalue weighted by Gasteiger charge is 2.20. The van der Waals surface area contributed by atoms with Crippen molar-refractivity contribution in [3.8, 4) is 23.0 Å². The molecule has 0 amide bonds. The molecule has 0 saturated heterocycles. The first kappa shape index (κ1) is 13.3. The van der Waals surface area contributed by atoms with Gasteiger partial charge in [-0.05, 0) is 15.9 Å². The molecule has 0 fully saturated rings. The number of esters is 2. The van der Waals surface area contributed by atoms with Crippen molar-refractivity contribution in [2.24, 2.45) is 0 Å². The van der Waals surface area contributed by atoms with E-state index in [1.807, 2.05) is 0 Å². The number of hydrogen-bond acceptors (Lipinski definition) is 6. The van der Waals surface area contributed by atoms with Crippen LogP contribution in [0.5, 0.6) is 23.0 Å². The number of rotatable bonds is 2. The third-order valence-corrected chi connectivity index (χ3v) is 2.41. The van der Waals surface area contributed by atoms with Crippen molar-refractivity contribution in [2.45, 2.75) is 13.8 Å². The lowest BCUT2D eigenvalue weighted by Crippen LogP contribution is -2.05. The summed E-state index contributed by atoms with van der Waals surface area (Å²) in [6, 6.07) is 1.02. The van der Waals surface area contributed by atoms with E-state index in [0.29, 0.717) is 0 Å². The molecule has 0 atom stereocenters. The third kappa shape index (κ3) is 3.10. The third-order valence-electron chi connectivity index (χ3n) is 1.64. The molecule has 2 N–H and O–H groups in total. The topological polar surface area (TPSA) is 93.1 Å². The number of halogens is 1. The minimum absolute atomic E-state index is 0.0129. The van der Waals surface area contributed by atoms with E-state index < -0.39 is 17.7 Å². The zero-order chi connectivity index (χ0) is 13.2. The quantitative estimate of drug-likeness (QED) is 0.491. The molecule has 0 heterocycles. The number of carbonyl (C=O) groups is 2. The summed E-state index contributed by atoms with van der Waals surface area (Å²) in [5.74, 6) is -2.88. The highest BCUT2D eigenvalue weighted by molar-refractivity contribution is 9.10. The van der Waals surface area contributed by atoms with E-state index in [1.165, 1.54) is 0 Å².